The molecule has 0 radical (unpaired) electrons. The van der Waals surface area contributed by atoms with Crippen molar-refractivity contribution in [1.29, 1.82) is 0 Å². The zero-order valence-electron chi connectivity index (χ0n) is 14.7. The smallest absolute Gasteiger partial charge is 0.180 e. The van der Waals surface area contributed by atoms with Crippen LogP contribution in [0.2, 0.25) is 0 Å². The lowest BCUT2D eigenvalue weighted by molar-refractivity contribution is -0.306. The Bertz CT molecular complexity index is 492. The molecule has 0 N–H and O–H groups in total. The third kappa shape index (κ3) is 4.19. The molecule has 25 heavy (non-hydrogen) atoms. The quantitative estimate of drug-likeness (QED) is 0.528. The van der Waals surface area contributed by atoms with E-state index in [1.165, 1.54) is 48.6 Å². The molecule has 142 valence electrons. The SMILES string of the molecule is BrC1=C(C2OCC3(CO2)COC(C2CCCCC2Br)OC3)CCCC1. The summed E-state index contributed by atoms with van der Waals surface area (Å²) >= 11 is 7.52. The van der Waals surface area contributed by atoms with Gasteiger partial charge in [-0.1, -0.05) is 44.7 Å². The Labute approximate surface area is 167 Å². The average Bonchev–Trinajstić information content (AvgIpc) is 2.65. The van der Waals surface area contributed by atoms with Crippen LogP contribution in [0.25, 0.3) is 0 Å². The maximum absolute atomic E-state index is 6.15. The lowest BCUT2D eigenvalue weighted by Gasteiger charge is -2.46. The molecule has 3 fully saturated rings. The molecule has 2 heterocycles. The molecule has 2 aliphatic carbocycles. The van der Waals surface area contributed by atoms with Gasteiger partial charge in [0.05, 0.1) is 31.8 Å². The number of hydrogen-bond acceptors (Lipinski definition) is 4. The van der Waals surface area contributed by atoms with Crippen LogP contribution in [0.15, 0.2) is 10.1 Å². The maximum Gasteiger partial charge on any atom is 0.180 e. The van der Waals surface area contributed by atoms with Crippen LogP contribution in [0.3, 0.4) is 0 Å². The topological polar surface area (TPSA) is 36.9 Å². The molecule has 2 atom stereocenters. The van der Waals surface area contributed by atoms with Crippen LogP contribution in [-0.2, 0) is 18.9 Å². The van der Waals surface area contributed by atoms with Gasteiger partial charge in [-0.2, -0.15) is 0 Å². The van der Waals surface area contributed by atoms with Gasteiger partial charge < -0.3 is 18.9 Å². The van der Waals surface area contributed by atoms with Gasteiger partial charge in [0.2, 0.25) is 0 Å². The van der Waals surface area contributed by atoms with Crippen LogP contribution in [0.5, 0.6) is 0 Å². The fourth-order valence-corrected chi connectivity index (χ4v) is 5.88. The van der Waals surface area contributed by atoms with E-state index < -0.39 is 0 Å². The first-order chi connectivity index (χ1) is 12.2. The lowest BCUT2D eigenvalue weighted by atomic mass is 9.86. The molecule has 1 saturated carbocycles. The summed E-state index contributed by atoms with van der Waals surface area (Å²) in [6, 6.07) is 0. The predicted octanol–water partition coefficient (Wildman–Crippen LogP) is 4.90. The highest BCUT2D eigenvalue weighted by Gasteiger charge is 2.45. The second-order valence-electron chi connectivity index (χ2n) is 8.05. The van der Waals surface area contributed by atoms with Crippen LogP contribution in [-0.4, -0.2) is 43.8 Å². The molecule has 2 saturated heterocycles. The monoisotopic (exact) mass is 478 g/mol. The molecular weight excluding hydrogens is 452 g/mol. The number of halogens is 2. The minimum Gasteiger partial charge on any atom is -0.351 e. The summed E-state index contributed by atoms with van der Waals surface area (Å²) in [6.07, 6.45) is 9.36. The Hall–Kier alpha value is 0.540. The Balaban J connectivity index is 1.31. The van der Waals surface area contributed by atoms with Gasteiger partial charge in [-0.3, -0.25) is 0 Å². The molecule has 0 bridgehead atoms. The van der Waals surface area contributed by atoms with Gasteiger partial charge in [-0.25, -0.2) is 0 Å². The zero-order valence-corrected chi connectivity index (χ0v) is 17.9. The van der Waals surface area contributed by atoms with Crippen LogP contribution in [0.4, 0.5) is 0 Å². The molecule has 4 nitrogen and oxygen atoms in total. The highest BCUT2D eigenvalue weighted by Crippen LogP contribution is 2.40. The van der Waals surface area contributed by atoms with Crippen molar-refractivity contribution in [3.8, 4) is 0 Å². The minimum atomic E-state index is -0.191. The largest absolute Gasteiger partial charge is 0.351 e. The van der Waals surface area contributed by atoms with Crippen molar-refractivity contribution < 1.29 is 18.9 Å². The zero-order chi connectivity index (χ0) is 17.3. The van der Waals surface area contributed by atoms with Crippen molar-refractivity contribution in [3.05, 3.63) is 10.1 Å². The number of alkyl halides is 1. The van der Waals surface area contributed by atoms with Gasteiger partial charge in [0.15, 0.2) is 12.6 Å². The van der Waals surface area contributed by atoms with Crippen molar-refractivity contribution in [3.63, 3.8) is 0 Å². The first-order valence-electron chi connectivity index (χ1n) is 9.65. The van der Waals surface area contributed by atoms with E-state index in [1.807, 2.05) is 0 Å². The van der Waals surface area contributed by atoms with Gasteiger partial charge in [-0.05, 0) is 48.6 Å². The summed E-state index contributed by atoms with van der Waals surface area (Å²) in [4.78, 5) is 0.513. The summed E-state index contributed by atoms with van der Waals surface area (Å²) in [7, 11) is 0. The van der Waals surface area contributed by atoms with Crippen molar-refractivity contribution in [2.24, 2.45) is 11.3 Å². The fourth-order valence-electron chi connectivity index (χ4n) is 4.38. The number of rotatable bonds is 2. The van der Waals surface area contributed by atoms with Crippen molar-refractivity contribution in [2.75, 3.05) is 26.4 Å². The fraction of sp³-hybridized carbons (Fsp3) is 0.895. The third-order valence-electron chi connectivity index (χ3n) is 6.00. The number of allylic oxidation sites excluding steroid dienone is 1. The Morgan fingerprint density at radius 2 is 1.44 bits per heavy atom. The van der Waals surface area contributed by atoms with E-state index in [-0.39, 0.29) is 18.0 Å². The molecule has 2 aliphatic heterocycles. The van der Waals surface area contributed by atoms with Crippen molar-refractivity contribution in [1.82, 2.24) is 0 Å². The molecule has 0 aromatic carbocycles. The second-order valence-corrected chi connectivity index (χ2v) is 10.2. The molecule has 4 rings (SSSR count). The molecule has 1 spiro atoms. The summed E-state index contributed by atoms with van der Waals surface area (Å²) < 4.78 is 25.8. The Morgan fingerprint density at radius 1 is 0.800 bits per heavy atom. The van der Waals surface area contributed by atoms with Crippen molar-refractivity contribution >= 4 is 31.9 Å². The van der Waals surface area contributed by atoms with E-state index in [9.17, 15) is 0 Å². The van der Waals surface area contributed by atoms with Crippen LogP contribution in [0, 0.1) is 11.3 Å². The van der Waals surface area contributed by atoms with Gasteiger partial charge in [0, 0.05) is 10.7 Å². The number of hydrogen-bond donors (Lipinski definition) is 0. The molecule has 0 aromatic heterocycles. The van der Waals surface area contributed by atoms with E-state index in [0.29, 0.717) is 37.2 Å². The lowest BCUT2D eigenvalue weighted by Crippen LogP contribution is -2.54. The molecular formula is C19H28Br2O4. The third-order valence-corrected chi connectivity index (χ3v) is 8.04. The van der Waals surface area contributed by atoms with E-state index >= 15 is 0 Å². The first-order valence-corrected chi connectivity index (χ1v) is 11.4. The Morgan fingerprint density at radius 3 is 2.12 bits per heavy atom. The van der Waals surface area contributed by atoms with E-state index in [4.69, 9.17) is 18.9 Å². The highest BCUT2D eigenvalue weighted by atomic mass is 79.9. The molecule has 4 aliphatic rings. The molecule has 6 heteroatoms. The standard InChI is InChI=1S/C19H28Br2O4/c20-15-7-3-1-5-13(15)17-22-9-19(10-23-17)11-24-18(25-12-19)14-6-2-4-8-16(14)21/h13,15,17-18H,1-12H2. The first kappa shape index (κ1) is 18.9. The predicted molar refractivity (Wildman–Crippen MR) is 103 cm³/mol. The summed E-state index contributed by atoms with van der Waals surface area (Å²) in [6.45, 7) is 2.63. The Kier molecular flexibility index (Phi) is 6.25. The second kappa shape index (κ2) is 8.27. The van der Waals surface area contributed by atoms with Crippen LogP contribution < -0.4 is 0 Å². The molecule has 0 aromatic rings. The van der Waals surface area contributed by atoms with E-state index in [0.717, 1.165) is 12.8 Å². The van der Waals surface area contributed by atoms with E-state index in [2.05, 4.69) is 31.9 Å². The maximum atomic E-state index is 6.15. The van der Waals surface area contributed by atoms with Gasteiger partial charge >= 0.3 is 0 Å². The van der Waals surface area contributed by atoms with Gasteiger partial charge in [-0.15, -0.1) is 0 Å². The molecule has 0 amide bonds. The van der Waals surface area contributed by atoms with Crippen LogP contribution >= 0.6 is 31.9 Å². The summed E-state index contributed by atoms with van der Waals surface area (Å²) in [5, 5.41) is 0. The minimum absolute atomic E-state index is 0.0804. The van der Waals surface area contributed by atoms with Crippen molar-refractivity contribution in [2.45, 2.75) is 68.8 Å². The van der Waals surface area contributed by atoms with Crippen LogP contribution in [0.1, 0.15) is 51.4 Å². The summed E-state index contributed by atoms with van der Waals surface area (Å²) in [5.41, 5.74) is 1.14. The normalized spacial score (nSPS) is 43.4. The van der Waals surface area contributed by atoms with E-state index in [1.54, 1.807) is 0 Å². The number of ether oxygens (including phenoxy) is 4. The summed E-state index contributed by atoms with van der Waals surface area (Å²) in [5.74, 6) is 0.465. The van der Waals surface area contributed by atoms with Gasteiger partial charge in [0.25, 0.3) is 0 Å². The highest BCUT2D eigenvalue weighted by molar-refractivity contribution is 9.11. The van der Waals surface area contributed by atoms with Gasteiger partial charge in [0.1, 0.15) is 0 Å². The average molecular weight is 480 g/mol. The molecule has 2 unspecified atom stereocenters.